The van der Waals surface area contributed by atoms with Gasteiger partial charge in [0.2, 0.25) is 5.91 Å². The van der Waals surface area contributed by atoms with Gasteiger partial charge in [0.15, 0.2) is 10.8 Å². The summed E-state index contributed by atoms with van der Waals surface area (Å²) in [6, 6.07) is 16.0. The lowest BCUT2D eigenvalue weighted by Crippen LogP contribution is -2.26. The van der Waals surface area contributed by atoms with Crippen molar-refractivity contribution >= 4 is 28.7 Å². The van der Waals surface area contributed by atoms with E-state index in [0.717, 1.165) is 22.5 Å². The Morgan fingerprint density at radius 3 is 2.39 bits per heavy atom. The first-order valence-corrected chi connectivity index (χ1v) is 11.0. The molecule has 0 saturated carbocycles. The van der Waals surface area contributed by atoms with Crippen molar-refractivity contribution in [2.45, 2.75) is 32.5 Å². The van der Waals surface area contributed by atoms with E-state index >= 15 is 0 Å². The summed E-state index contributed by atoms with van der Waals surface area (Å²) in [7, 11) is 0. The molecule has 31 heavy (non-hydrogen) atoms. The third-order valence-electron chi connectivity index (χ3n) is 5.02. The van der Waals surface area contributed by atoms with Crippen LogP contribution in [0, 0.1) is 26.2 Å². The Balaban J connectivity index is 1.58. The molecule has 2 aromatic heterocycles. The fourth-order valence-corrected chi connectivity index (χ4v) is 4.09. The minimum absolute atomic E-state index is 0.0901. The molecule has 4 rings (SSSR count). The van der Waals surface area contributed by atoms with E-state index in [1.165, 1.54) is 17.3 Å². The zero-order chi connectivity index (χ0) is 22.0. The van der Waals surface area contributed by atoms with Crippen LogP contribution >= 0.6 is 11.8 Å². The van der Waals surface area contributed by atoms with Gasteiger partial charge in [0.1, 0.15) is 5.49 Å². The number of H-pyrrole nitrogens is 1. The molecule has 2 heterocycles. The van der Waals surface area contributed by atoms with Crippen molar-refractivity contribution in [3.63, 3.8) is 0 Å². The number of nitrogens with one attached hydrogen (secondary N) is 3. The van der Waals surface area contributed by atoms with Crippen LogP contribution in [0.2, 0.25) is 0 Å². The maximum atomic E-state index is 12.5. The van der Waals surface area contributed by atoms with Crippen molar-refractivity contribution in [1.82, 2.24) is 25.1 Å². The fraction of sp³-hybridized carbons (Fsp3) is 0.217. The van der Waals surface area contributed by atoms with Crippen LogP contribution in [-0.4, -0.2) is 31.4 Å². The summed E-state index contributed by atoms with van der Waals surface area (Å²) < 4.78 is 1.77. The minimum Gasteiger partial charge on any atom is -0.351 e. The second-order valence-corrected chi connectivity index (χ2v) is 8.45. The standard InChI is InChI=1S/C23H24N6OS/c1-14-4-8-17(9-5-14)12-25-19(30)13-31-23-26-22-20(16(3)27-28-22)21(24)29(23)18-10-6-15(2)7-11-18/h4-11,24H,12-13H2,1-3H3,(H,25,30)(H,27,28). The van der Waals surface area contributed by atoms with E-state index in [4.69, 9.17) is 5.41 Å². The zero-order valence-corrected chi connectivity index (χ0v) is 18.5. The Morgan fingerprint density at radius 1 is 1.06 bits per heavy atom. The van der Waals surface area contributed by atoms with Crippen LogP contribution in [-0.2, 0) is 11.3 Å². The normalized spacial score (nSPS) is 11.1. The van der Waals surface area contributed by atoms with Crippen molar-refractivity contribution in [3.8, 4) is 5.69 Å². The van der Waals surface area contributed by atoms with E-state index < -0.39 is 0 Å². The summed E-state index contributed by atoms with van der Waals surface area (Å²) in [6.45, 7) is 6.41. The molecule has 2 aromatic carbocycles. The third-order valence-corrected chi connectivity index (χ3v) is 5.95. The van der Waals surface area contributed by atoms with Crippen LogP contribution in [0.25, 0.3) is 16.7 Å². The lowest BCUT2D eigenvalue weighted by atomic mass is 10.1. The van der Waals surface area contributed by atoms with E-state index in [1.807, 2.05) is 69.3 Å². The van der Waals surface area contributed by atoms with Crippen molar-refractivity contribution in [1.29, 1.82) is 5.41 Å². The van der Waals surface area contributed by atoms with Crippen LogP contribution in [0.5, 0.6) is 0 Å². The summed E-state index contributed by atoms with van der Waals surface area (Å²) in [5, 5.41) is 20.1. The number of aryl methyl sites for hydroxylation is 3. The minimum atomic E-state index is -0.0901. The molecule has 3 N–H and O–H groups in total. The molecule has 0 spiro atoms. The van der Waals surface area contributed by atoms with E-state index in [9.17, 15) is 4.79 Å². The number of benzene rings is 2. The number of amides is 1. The second kappa shape index (κ2) is 8.77. The molecule has 7 nitrogen and oxygen atoms in total. The number of nitrogens with zero attached hydrogens (tertiary/aromatic N) is 3. The molecule has 0 radical (unpaired) electrons. The van der Waals surface area contributed by atoms with Crippen LogP contribution in [0.15, 0.2) is 53.7 Å². The molecule has 0 unspecified atom stereocenters. The highest BCUT2D eigenvalue weighted by atomic mass is 32.2. The van der Waals surface area contributed by atoms with Crippen molar-refractivity contribution in [3.05, 3.63) is 76.4 Å². The predicted molar refractivity (Wildman–Crippen MR) is 122 cm³/mol. The van der Waals surface area contributed by atoms with Crippen LogP contribution in [0.3, 0.4) is 0 Å². The number of carbonyl (C=O) groups excluding carboxylic acids is 1. The Kier molecular flexibility index (Phi) is 5.90. The van der Waals surface area contributed by atoms with Gasteiger partial charge in [0.25, 0.3) is 0 Å². The molecule has 0 aliphatic carbocycles. The third kappa shape index (κ3) is 4.54. The number of rotatable bonds is 6. The molecular formula is C23H24N6OS. The summed E-state index contributed by atoms with van der Waals surface area (Å²) >= 11 is 1.30. The van der Waals surface area contributed by atoms with E-state index in [2.05, 4.69) is 20.5 Å². The van der Waals surface area contributed by atoms with Gasteiger partial charge in [-0.2, -0.15) is 5.10 Å². The molecule has 0 aliphatic rings. The molecule has 1 amide bonds. The largest absolute Gasteiger partial charge is 0.351 e. The van der Waals surface area contributed by atoms with Gasteiger partial charge in [-0.15, -0.1) is 0 Å². The number of carbonyl (C=O) groups is 1. The number of hydrogen-bond donors (Lipinski definition) is 3. The van der Waals surface area contributed by atoms with Gasteiger partial charge in [0.05, 0.1) is 11.1 Å². The van der Waals surface area contributed by atoms with Gasteiger partial charge in [-0.1, -0.05) is 59.3 Å². The van der Waals surface area contributed by atoms with Gasteiger partial charge in [-0.3, -0.25) is 19.9 Å². The Bertz CT molecular complexity index is 1290. The van der Waals surface area contributed by atoms with E-state index in [1.54, 1.807) is 4.57 Å². The first kappa shape index (κ1) is 20.9. The number of aromatic nitrogens is 4. The number of aromatic amines is 1. The first-order valence-electron chi connectivity index (χ1n) is 9.97. The number of thioether (sulfide) groups is 1. The van der Waals surface area contributed by atoms with Gasteiger partial charge >= 0.3 is 0 Å². The van der Waals surface area contributed by atoms with E-state index in [0.29, 0.717) is 28.2 Å². The van der Waals surface area contributed by atoms with Crippen molar-refractivity contribution in [2.24, 2.45) is 0 Å². The lowest BCUT2D eigenvalue weighted by Gasteiger charge is -2.13. The topological polar surface area (TPSA) is 99.5 Å². The van der Waals surface area contributed by atoms with E-state index in [-0.39, 0.29) is 11.7 Å². The highest BCUT2D eigenvalue weighted by Gasteiger charge is 2.16. The second-order valence-electron chi connectivity index (χ2n) is 7.51. The quantitative estimate of drug-likeness (QED) is 0.320. The van der Waals surface area contributed by atoms with Gasteiger partial charge < -0.3 is 5.32 Å². The molecular weight excluding hydrogens is 408 g/mol. The molecule has 0 fully saturated rings. The average molecular weight is 433 g/mol. The molecule has 158 valence electrons. The van der Waals surface area contributed by atoms with Crippen molar-refractivity contribution in [2.75, 3.05) is 5.75 Å². The Morgan fingerprint density at radius 2 is 1.71 bits per heavy atom. The number of hydrogen-bond acceptors (Lipinski definition) is 5. The Labute approximate surface area is 184 Å². The van der Waals surface area contributed by atoms with Crippen LogP contribution in [0.4, 0.5) is 0 Å². The smallest absolute Gasteiger partial charge is 0.230 e. The predicted octanol–water partition coefficient (Wildman–Crippen LogP) is 3.56. The lowest BCUT2D eigenvalue weighted by molar-refractivity contribution is -0.118. The molecule has 0 aliphatic heterocycles. The van der Waals surface area contributed by atoms with Gasteiger partial charge in [0, 0.05) is 17.9 Å². The van der Waals surface area contributed by atoms with Gasteiger partial charge in [-0.05, 0) is 38.5 Å². The monoisotopic (exact) mass is 432 g/mol. The molecule has 8 heteroatoms. The summed E-state index contributed by atoms with van der Waals surface area (Å²) in [6.07, 6.45) is 0. The molecule has 0 bridgehead atoms. The van der Waals surface area contributed by atoms with Crippen molar-refractivity contribution < 1.29 is 4.79 Å². The number of fused-ring (bicyclic) bond motifs is 1. The zero-order valence-electron chi connectivity index (χ0n) is 17.7. The fourth-order valence-electron chi connectivity index (χ4n) is 3.25. The van der Waals surface area contributed by atoms with Gasteiger partial charge in [-0.25, -0.2) is 4.98 Å². The Hall–Kier alpha value is -3.39. The molecule has 4 aromatic rings. The SMILES string of the molecule is Cc1ccc(CNC(=O)CSc2nc3n[nH]c(C)c3c(=N)n2-c2ccc(C)cc2)cc1. The van der Waals surface area contributed by atoms with Crippen LogP contribution < -0.4 is 10.8 Å². The average Bonchev–Trinajstić information content (AvgIpc) is 3.13. The molecule has 0 atom stereocenters. The summed E-state index contributed by atoms with van der Waals surface area (Å²) in [4.78, 5) is 17.1. The summed E-state index contributed by atoms with van der Waals surface area (Å²) in [5.41, 5.74) is 5.77. The maximum absolute atomic E-state index is 12.5. The highest BCUT2D eigenvalue weighted by Crippen LogP contribution is 2.21. The highest BCUT2D eigenvalue weighted by molar-refractivity contribution is 7.99. The summed E-state index contributed by atoms with van der Waals surface area (Å²) in [5.74, 6) is 0.103. The maximum Gasteiger partial charge on any atom is 0.230 e. The van der Waals surface area contributed by atoms with Crippen LogP contribution in [0.1, 0.15) is 22.4 Å². The molecule has 0 saturated heterocycles. The first-order chi connectivity index (χ1) is 14.9.